The summed E-state index contributed by atoms with van der Waals surface area (Å²) in [5, 5.41) is 10.7. The Hall–Kier alpha value is -0.990. The van der Waals surface area contributed by atoms with Crippen LogP contribution in [0.25, 0.3) is 10.9 Å². The van der Waals surface area contributed by atoms with Crippen molar-refractivity contribution in [2.75, 3.05) is 6.61 Å². The molecule has 74 valence electrons. The van der Waals surface area contributed by atoms with Crippen LogP contribution in [0.5, 0.6) is 0 Å². The number of aliphatic hydroxyl groups excluding tert-OH is 1. The fourth-order valence-corrected chi connectivity index (χ4v) is 1.85. The van der Waals surface area contributed by atoms with Gasteiger partial charge in [-0.05, 0) is 36.6 Å². The molecule has 3 heteroatoms. The Morgan fingerprint density at radius 3 is 3.00 bits per heavy atom. The van der Waals surface area contributed by atoms with Gasteiger partial charge in [0.05, 0.1) is 0 Å². The van der Waals surface area contributed by atoms with Crippen molar-refractivity contribution in [1.29, 1.82) is 0 Å². The van der Waals surface area contributed by atoms with Crippen molar-refractivity contribution < 1.29 is 5.11 Å². The molecular weight excluding hydrogens is 198 g/mol. The molecule has 2 nitrogen and oxygen atoms in total. The monoisotopic (exact) mass is 209 g/mol. The molecule has 0 unspecified atom stereocenters. The van der Waals surface area contributed by atoms with Crippen molar-refractivity contribution in [3.05, 3.63) is 35.0 Å². The maximum Gasteiger partial charge on any atom is 0.0457 e. The zero-order valence-corrected chi connectivity index (χ0v) is 8.51. The summed E-state index contributed by atoms with van der Waals surface area (Å²) in [5.41, 5.74) is 2.19. The topological polar surface area (TPSA) is 36.0 Å². The Balaban J connectivity index is 2.38. The molecule has 0 spiro atoms. The molecule has 0 bridgehead atoms. The number of rotatable bonds is 3. The number of aliphatic hydroxyl groups is 1. The average molecular weight is 210 g/mol. The van der Waals surface area contributed by atoms with Gasteiger partial charge >= 0.3 is 0 Å². The lowest BCUT2D eigenvalue weighted by Crippen LogP contribution is -1.90. The van der Waals surface area contributed by atoms with Crippen LogP contribution in [0.1, 0.15) is 12.0 Å². The second-order valence-corrected chi connectivity index (χ2v) is 3.74. The van der Waals surface area contributed by atoms with Gasteiger partial charge in [-0.2, -0.15) is 0 Å². The summed E-state index contributed by atoms with van der Waals surface area (Å²) in [5.74, 6) is 0. The summed E-state index contributed by atoms with van der Waals surface area (Å²) in [6.45, 7) is 0.207. The van der Waals surface area contributed by atoms with Gasteiger partial charge in [0.2, 0.25) is 0 Å². The maximum atomic E-state index is 8.74. The summed E-state index contributed by atoms with van der Waals surface area (Å²) in [6.07, 6.45) is 3.48. The van der Waals surface area contributed by atoms with Crippen molar-refractivity contribution in [3.63, 3.8) is 0 Å². The van der Waals surface area contributed by atoms with Gasteiger partial charge in [-0.3, -0.25) is 0 Å². The minimum atomic E-state index is 0.207. The van der Waals surface area contributed by atoms with Crippen molar-refractivity contribution in [2.45, 2.75) is 12.8 Å². The number of H-pyrrole nitrogens is 1. The Labute approximate surface area is 87.5 Å². The predicted molar refractivity (Wildman–Crippen MR) is 58.7 cm³/mol. The Bertz CT molecular complexity index is 436. The first-order valence-electron chi connectivity index (χ1n) is 4.67. The number of hydrogen-bond acceptors (Lipinski definition) is 1. The first-order chi connectivity index (χ1) is 6.81. The van der Waals surface area contributed by atoms with Gasteiger partial charge in [0.25, 0.3) is 0 Å². The number of halogens is 1. The maximum absolute atomic E-state index is 8.74. The zero-order chi connectivity index (χ0) is 9.97. The molecule has 2 N–H and O–H groups in total. The molecule has 1 aromatic carbocycles. The van der Waals surface area contributed by atoms with Crippen LogP contribution in [0.2, 0.25) is 5.02 Å². The molecule has 2 rings (SSSR count). The van der Waals surface area contributed by atoms with Crippen molar-refractivity contribution in [3.8, 4) is 0 Å². The van der Waals surface area contributed by atoms with E-state index in [9.17, 15) is 0 Å². The fourth-order valence-electron chi connectivity index (χ4n) is 1.58. The first kappa shape index (κ1) is 9.56. The van der Waals surface area contributed by atoms with E-state index in [1.807, 2.05) is 24.4 Å². The summed E-state index contributed by atoms with van der Waals surface area (Å²) >= 11 is 6.10. The SMILES string of the molecule is OCCCc1cc2[nH]ccc2cc1Cl. The highest BCUT2D eigenvalue weighted by Gasteiger charge is 2.03. The largest absolute Gasteiger partial charge is 0.396 e. The van der Waals surface area contributed by atoms with Crippen LogP contribution in [0, 0.1) is 0 Å². The van der Waals surface area contributed by atoms with Crippen LogP contribution in [-0.2, 0) is 6.42 Å². The van der Waals surface area contributed by atoms with Gasteiger partial charge in [-0.1, -0.05) is 11.6 Å². The van der Waals surface area contributed by atoms with Crippen LogP contribution in [0.15, 0.2) is 24.4 Å². The Morgan fingerprint density at radius 1 is 1.36 bits per heavy atom. The van der Waals surface area contributed by atoms with E-state index in [1.54, 1.807) is 0 Å². The lowest BCUT2D eigenvalue weighted by atomic mass is 10.1. The van der Waals surface area contributed by atoms with Crippen molar-refractivity contribution in [1.82, 2.24) is 4.98 Å². The first-order valence-corrected chi connectivity index (χ1v) is 5.05. The molecule has 0 aliphatic heterocycles. The third-order valence-corrected chi connectivity index (χ3v) is 2.68. The zero-order valence-electron chi connectivity index (χ0n) is 7.76. The number of nitrogens with one attached hydrogen (secondary N) is 1. The number of aryl methyl sites for hydroxylation is 1. The molecule has 0 radical (unpaired) electrons. The standard InChI is InChI=1S/C11H12ClNO/c12-10-6-9-3-4-13-11(9)7-8(10)2-1-5-14/h3-4,6-7,13-14H,1-2,5H2. The molecule has 0 amide bonds. The molecule has 0 aliphatic carbocycles. The van der Waals surface area contributed by atoms with E-state index in [2.05, 4.69) is 4.98 Å². The van der Waals surface area contributed by atoms with Crippen molar-refractivity contribution in [2.24, 2.45) is 0 Å². The van der Waals surface area contributed by atoms with Gasteiger partial charge in [-0.25, -0.2) is 0 Å². The quantitative estimate of drug-likeness (QED) is 0.801. The van der Waals surface area contributed by atoms with Gasteiger partial charge < -0.3 is 10.1 Å². The lowest BCUT2D eigenvalue weighted by Gasteiger charge is -2.03. The highest BCUT2D eigenvalue weighted by Crippen LogP contribution is 2.24. The summed E-state index contributed by atoms with van der Waals surface area (Å²) in [4.78, 5) is 3.14. The van der Waals surface area contributed by atoms with E-state index in [0.717, 1.165) is 34.3 Å². The van der Waals surface area contributed by atoms with Crippen LogP contribution >= 0.6 is 11.6 Å². The minimum Gasteiger partial charge on any atom is -0.396 e. The van der Waals surface area contributed by atoms with E-state index in [0.29, 0.717) is 0 Å². The summed E-state index contributed by atoms with van der Waals surface area (Å²) in [6, 6.07) is 6.00. The molecule has 0 fully saturated rings. The molecule has 0 aliphatic rings. The van der Waals surface area contributed by atoms with E-state index in [4.69, 9.17) is 16.7 Å². The summed E-state index contributed by atoms with van der Waals surface area (Å²) < 4.78 is 0. The van der Waals surface area contributed by atoms with Gasteiger partial charge in [0.15, 0.2) is 0 Å². The molecule has 14 heavy (non-hydrogen) atoms. The van der Waals surface area contributed by atoms with Gasteiger partial charge in [0.1, 0.15) is 0 Å². The molecule has 2 aromatic rings. The number of hydrogen-bond donors (Lipinski definition) is 2. The smallest absolute Gasteiger partial charge is 0.0457 e. The van der Waals surface area contributed by atoms with Crippen LogP contribution in [0.3, 0.4) is 0 Å². The fraction of sp³-hybridized carbons (Fsp3) is 0.273. The van der Waals surface area contributed by atoms with E-state index >= 15 is 0 Å². The molecule has 0 saturated carbocycles. The van der Waals surface area contributed by atoms with Crippen LogP contribution < -0.4 is 0 Å². The van der Waals surface area contributed by atoms with Crippen LogP contribution in [0.4, 0.5) is 0 Å². The molecule has 1 aromatic heterocycles. The van der Waals surface area contributed by atoms with Crippen LogP contribution in [-0.4, -0.2) is 16.7 Å². The normalized spacial score (nSPS) is 11.0. The molecule has 1 heterocycles. The second-order valence-electron chi connectivity index (χ2n) is 3.34. The third kappa shape index (κ3) is 1.76. The highest BCUT2D eigenvalue weighted by atomic mass is 35.5. The minimum absolute atomic E-state index is 0.207. The number of aromatic amines is 1. The average Bonchev–Trinajstić information content (AvgIpc) is 2.61. The Kier molecular flexibility index (Phi) is 2.75. The van der Waals surface area contributed by atoms with Crippen molar-refractivity contribution >= 4 is 22.5 Å². The van der Waals surface area contributed by atoms with Gasteiger partial charge in [-0.15, -0.1) is 0 Å². The third-order valence-electron chi connectivity index (χ3n) is 2.32. The van der Waals surface area contributed by atoms with E-state index < -0.39 is 0 Å². The van der Waals surface area contributed by atoms with E-state index in [-0.39, 0.29) is 6.61 Å². The number of fused-ring (bicyclic) bond motifs is 1. The molecule has 0 atom stereocenters. The predicted octanol–water partition coefficient (Wildman–Crippen LogP) is 2.75. The highest BCUT2D eigenvalue weighted by molar-refractivity contribution is 6.32. The Morgan fingerprint density at radius 2 is 2.21 bits per heavy atom. The second kappa shape index (κ2) is 4.03. The number of aromatic nitrogens is 1. The van der Waals surface area contributed by atoms with E-state index in [1.165, 1.54) is 0 Å². The summed E-state index contributed by atoms with van der Waals surface area (Å²) in [7, 11) is 0. The lowest BCUT2D eigenvalue weighted by molar-refractivity contribution is 0.288. The van der Waals surface area contributed by atoms with Gasteiger partial charge in [0, 0.05) is 28.7 Å². The molecular formula is C11H12ClNO. The number of benzene rings is 1. The molecule has 0 saturated heterocycles.